The van der Waals surface area contributed by atoms with Crippen molar-refractivity contribution < 1.29 is 19.7 Å². The Morgan fingerprint density at radius 2 is 1.71 bits per heavy atom. The summed E-state index contributed by atoms with van der Waals surface area (Å²) in [6.45, 7) is 6.20. The molecule has 0 aliphatic heterocycles. The van der Waals surface area contributed by atoms with Crippen molar-refractivity contribution in [2.24, 2.45) is 0 Å². The molecule has 0 amide bonds. The lowest BCUT2D eigenvalue weighted by atomic mass is 9.92. The van der Waals surface area contributed by atoms with Crippen LogP contribution in [0.25, 0.3) is 0 Å². The summed E-state index contributed by atoms with van der Waals surface area (Å²) >= 11 is 0. The zero-order chi connectivity index (χ0) is 15.8. The van der Waals surface area contributed by atoms with Crippen LogP contribution in [0.3, 0.4) is 0 Å². The van der Waals surface area contributed by atoms with Gasteiger partial charge in [-0.15, -0.1) is 0 Å². The van der Waals surface area contributed by atoms with Gasteiger partial charge in [-0.2, -0.15) is 0 Å². The number of phenolic OH excluding ortho intramolecular Hbond substituents is 1. The molecule has 0 atom stereocenters. The number of carboxylic acid groups (broad SMARTS) is 1. The number of phenols is 1. The Bertz CT molecular complexity index is 480. The van der Waals surface area contributed by atoms with Crippen LogP contribution in [0.15, 0.2) is 6.07 Å². The summed E-state index contributed by atoms with van der Waals surface area (Å²) in [5.41, 5.74) is 2.99. The molecule has 0 aromatic heterocycles. The monoisotopic (exact) mass is 294 g/mol. The predicted octanol–water partition coefficient (Wildman–Crippen LogP) is 4.83. The Labute approximate surface area is 126 Å². The van der Waals surface area contributed by atoms with E-state index < -0.39 is 6.16 Å². The highest BCUT2D eigenvalue weighted by atomic mass is 16.7. The SMILES string of the molecule is CCCCCc1c(C)cc(OC(=O)O)c(O)c1CCCC. The average Bonchev–Trinajstić information content (AvgIpc) is 2.42. The molecule has 1 rings (SSSR count). The molecule has 1 aromatic carbocycles. The standard InChI is InChI=1S/C17H26O4/c1-4-6-8-10-13-12(3)11-15(21-17(19)20)16(18)14(13)9-7-5-2/h11,18H,4-10H2,1-3H3,(H,19,20). The van der Waals surface area contributed by atoms with Crippen LogP contribution in [0.5, 0.6) is 11.5 Å². The maximum Gasteiger partial charge on any atom is 0.511 e. The molecule has 0 fully saturated rings. The van der Waals surface area contributed by atoms with Crippen molar-refractivity contribution in [3.05, 3.63) is 22.8 Å². The number of benzene rings is 1. The van der Waals surface area contributed by atoms with Gasteiger partial charge in [-0.3, -0.25) is 0 Å². The van der Waals surface area contributed by atoms with E-state index in [1.807, 2.05) is 6.92 Å². The molecule has 0 bridgehead atoms. The Balaban J connectivity index is 3.14. The number of hydrogen-bond donors (Lipinski definition) is 2. The number of aryl methyl sites for hydroxylation is 1. The maximum absolute atomic E-state index is 10.7. The van der Waals surface area contributed by atoms with Gasteiger partial charge in [-0.1, -0.05) is 33.1 Å². The van der Waals surface area contributed by atoms with Crippen LogP contribution >= 0.6 is 0 Å². The van der Waals surface area contributed by atoms with Crippen molar-refractivity contribution in [1.29, 1.82) is 0 Å². The molecule has 0 aliphatic carbocycles. The molecule has 4 nitrogen and oxygen atoms in total. The van der Waals surface area contributed by atoms with Crippen LogP contribution in [0, 0.1) is 6.92 Å². The van der Waals surface area contributed by atoms with Crippen LogP contribution in [0.4, 0.5) is 4.79 Å². The van der Waals surface area contributed by atoms with Crippen LogP contribution in [-0.4, -0.2) is 16.4 Å². The summed E-state index contributed by atoms with van der Waals surface area (Å²) in [5.74, 6) is 0.0355. The lowest BCUT2D eigenvalue weighted by Crippen LogP contribution is -2.07. The van der Waals surface area contributed by atoms with Gasteiger partial charge in [0.25, 0.3) is 0 Å². The molecular formula is C17H26O4. The van der Waals surface area contributed by atoms with Crippen LogP contribution < -0.4 is 4.74 Å². The van der Waals surface area contributed by atoms with Crippen molar-refractivity contribution in [2.75, 3.05) is 0 Å². The van der Waals surface area contributed by atoms with Gasteiger partial charge < -0.3 is 14.9 Å². The van der Waals surface area contributed by atoms with Crippen molar-refractivity contribution in [3.8, 4) is 11.5 Å². The van der Waals surface area contributed by atoms with Gasteiger partial charge in [0.1, 0.15) is 0 Å². The molecule has 0 saturated heterocycles. The second kappa shape index (κ2) is 8.55. The van der Waals surface area contributed by atoms with E-state index in [1.54, 1.807) is 6.07 Å². The molecule has 2 N–H and O–H groups in total. The largest absolute Gasteiger partial charge is 0.511 e. The lowest BCUT2D eigenvalue weighted by Gasteiger charge is -2.17. The fourth-order valence-corrected chi connectivity index (χ4v) is 2.58. The first kappa shape index (κ1) is 17.3. The summed E-state index contributed by atoms with van der Waals surface area (Å²) in [5, 5.41) is 19.1. The Morgan fingerprint density at radius 1 is 1.10 bits per heavy atom. The summed E-state index contributed by atoms with van der Waals surface area (Å²) < 4.78 is 4.69. The number of unbranched alkanes of at least 4 members (excludes halogenated alkanes) is 3. The van der Waals surface area contributed by atoms with Gasteiger partial charge in [0.2, 0.25) is 0 Å². The number of aromatic hydroxyl groups is 1. The number of rotatable bonds is 8. The first-order valence-electron chi connectivity index (χ1n) is 7.76. The molecular weight excluding hydrogens is 268 g/mol. The molecule has 0 saturated carbocycles. The van der Waals surface area contributed by atoms with Crippen molar-refractivity contribution in [1.82, 2.24) is 0 Å². The molecule has 4 heteroatoms. The topological polar surface area (TPSA) is 66.8 Å². The number of ether oxygens (including phenoxy) is 1. The minimum Gasteiger partial charge on any atom is -0.504 e. The van der Waals surface area contributed by atoms with Gasteiger partial charge in [0.15, 0.2) is 11.5 Å². The van der Waals surface area contributed by atoms with Crippen molar-refractivity contribution in [2.45, 2.75) is 65.7 Å². The molecule has 118 valence electrons. The van der Waals surface area contributed by atoms with E-state index in [4.69, 9.17) is 9.84 Å². The van der Waals surface area contributed by atoms with Crippen LogP contribution in [0.1, 0.15) is 62.6 Å². The van der Waals surface area contributed by atoms with Gasteiger partial charge in [0.05, 0.1) is 0 Å². The van der Waals surface area contributed by atoms with Crippen molar-refractivity contribution in [3.63, 3.8) is 0 Å². The minimum atomic E-state index is -1.40. The second-order valence-corrected chi connectivity index (χ2v) is 5.43. The van der Waals surface area contributed by atoms with E-state index in [1.165, 1.54) is 0 Å². The fraction of sp³-hybridized carbons (Fsp3) is 0.588. The molecule has 0 radical (unpaired) electrons. The molecule has 0 spiro atoms. The number of hydrogen-bond acceptors (Lipinski definition) is 3. The fourth-order valence-electron chi connectivity index (χ4n) is 2.58. The van der Waals surface area contributed by atoms with E-state index in [2.05, 4.69) is 13.8 Å². The summed E-state index contributed by atoms with van der Waals surface area (Å²) in [6.07, 6.45) is 5.64. The highest BCUT2D eigenvalue weighted by Crippen LogP contribution is 2.37. The van der Waals surface area contributed by atoms with E-state index in [9.17, 15) is 9.90 Å². The van der Waals surface area contributed by atoms with E-state index in [-0.39, 0.29) is 11.5 Å². The van der Waals surface area contributed by atoms with E-state index in [0.29, 0.717) is 0 Å². The van der Waals surface area contributed by atoms with Gasteiger partial charge in [0, 0.05) is 5.56 Å². The minimum absolute atomic E-state index is 0.0112. The summed E-state index contributed by atoms with van der Waals surface area (Å²) in [7, 11) is 0. The zero-order valence-electron chi connectivity index (χ0n) is 13.2. The van der Waals surface area contributed by atoms with Gasteiger partial charge >= 0.3 is 6.16 Å². The predicted molar refractivity (Wildman–Crippen MR) is 83.3 cm³/mol. The normalized spacial score (nSPS) is 10.6. The Morgan fingerprint density at radius 3 is 2.29 bits per heavy atom. The highest BCUT2D eigenvalue weighted by Gasteiger charge is 2.18. The Kier molecular flexibility index (Phi) is 7.06. The van der Waals surface area contributed by atoms with E-state index >= 15 is 0 Å². The van der Waals surface area contributed by atoms with Gasteiger partial charge in [-0.05, 0) is 49.8 Å². The molecule has 21 heavy (non-hydrogen) atoms. The molecule has 0 heterocycles. The third kappa shape index (κ3) is 4.96. The lowest BCUT2D eigenvalue weighted by molar-refractivity contribution is 0.142. The molecule has 0 aliphatic rings. The summed E-state index contributed by atoms with van der Waals surface area (Å²) in [4.78, 5) is 10.7. The van der Waals surface area contributed by atoms with Crippen molar-refractivity contribution >= 4 is 6.16 Å². The number of carbonyl (C=O) groups is 1. The van der Waals surface area contributed by atoms with Crippen LogP contribution in [-0.2, 0) is 12.8 Å². The van der Waals surface area contributed by atoms with Gasteiger partial charge in [-0.25, -0.2) is 4.79 Å². The first-order chi connectivity index (χ1) is 10.0. The Hall–Kier alpha value is -1.71. The average molecular weight is 294 g/mol. The third-order valence-corrected chi connectivity index (χ3v) is 3.72. The highest BCUT2D eigenvalue weighted by molar-refractivity contribution is 5.65. The third-order valence-electron chi connectivity index (χ3n) is 3.72. The van der Waals surface area contributed by atoms with E-state index in [0.717, 1.165) is 61.6 Å². The zero-order valence-corrected chi connectivity index (χ0v) is 13.2. The second-order valence-electron chi connectivity index (χ2n) is 5.43. The molecule has 0 unspecified atom stereocenters. The van der Waals surface area contributed by atoms with Crippen LogP contribution in [0.2, 0.25) is 0 Å². The smallest absolute Gasteiger partial charge is 0.504 e. The quantitative estimate of drug-likeness (QED) is 0.409. The summed E-state index contributed by atoms with van der Waals surface area (Å²) in [6, 6.07) is 1.63. The first-order valence-corrected chi connectivity index (χ1v) is 7.76. The molecule has 1 aromatic rings. The maximum atomic E-state index is 10.7.